The largest absolute Gasteiger partial charge is 0.497 e. The molecule has 1 aromatic rings. The Labute approximate surface area is 133 Å². The van der Waals surface area contributed by atoms with E-state index < -0.39 is 9.96 Å². The van der Waals surface area contributed by atoms with Gasteiger partial charge in [0.2, 0.25) is 3.79 Å². The van der Waals surface area contributed by atoms with Gasteiger partial charge in [-0.05, 0) is 38.1 Å². The molecule has 1 amide bonds. The van der Waals surface area contributed by atoms with E-state index in [0.717, 1.165) is 0 Å². The van der Waals surface area contributed by atoms with Gasteiger partial charge in [0.15, 0.2) is 0 Å². The van der Waals surface area contributed by atoms with Crippen molar-refractivity contribution in [1.29, 1.82) is 0 Å². The normalized spacial score (nSPS) is 13.2. The Morgan fingerprint density at radius 2 is 1.75 bits per heavy atom. The number of ether oxygens (including phenoxy) is 1. The zero-order chi connectivity index (χ0) is 15.3. The number of carbonyl (C=O) groups is 1. The van der Waals surface area contributed by atoms with Crippen LogP contribution in [0.15, 0.2) is 24.3 Å². The molecule has 0 heterocycles. The van der Waals surface area contributed by atoms with Gasteiger partial charge in [0.05, 0.1) is 7.11 Å². The number of rotatable bonds is 5. The van der Waals surface area contributed by atoms with Crippen molar-refractivity contribution in [1.82, 2.24) is 10.6 Å². The van der Waals surface area contributed by atoms with E-state index in [1.807, 2.05) is 13.8 Å². The van der Waals surface area contributed by atoms with Crippen molar-refractivity contribution in [3.63, 3.8) is 0 Å². The van der Waals surface area contributed by atoms with E-state index in [2.05, 4.69) is 10.6 Å². The van der Waals surface area contributed by atoms with E-state index in [0.29, 0.717) is 11.3 Å². The second kappa shape index (κ2) is 7.36. The molecule has 0 aromatic heterocycles. The zero-order valence-corrected chi connectivity index (χ0v) is 13.7. The molecule has 7 heteroatoms. The minimum atomic E-state index is -1.65. The Morgan fingerprint density at radius 1 is 1.20 bits per heavy atom. The monoisotopic (exact) mass is 338 g/mol. The third-order valence-corrected chi connectivity index (χ3v) is 3.11. The van der Waals surface area contributed by atoms with E-state index >= 15 is 0 Å². The van der Waals surface area contributed by atoms with Crippen molar-refractivity contribution in [2.75, 3.05) is 7.11 Å². The van der Waals surface area contributed by atoms with Gasteiger partial charge in [0, 0.05) is 11.6 Å². The van der Waals surface area contributed by atoms with Crippen LogP contribution in [0.3, 0.4) is 0 Å². The SMILES string of the molecule is COc1ccc(C(=O)N[C@H](NC(C)C)C(Cl)(Cl)Cl)cc1. The van der Waals surface area contributed by atoms with E-state index in [-0.39, 0.29) is 11.9 Å². The van der Waals surface area contributed by atoms with Crippen LogP contribution in [0.5, 0.6) is 5.75 Å². The molecule has 0 aliphatic carbocycles. The zero-order valence-electron chi connectivity index (χ0n) is 11.4. The van der Waals surface area contributed by atoms with Crippen LogP contribution in [0.1, 0.15) is 24.2 Å². The molecule has 0 fully saturated rings. The average Bonchev–Trinajstić information content (AvgIpc) is 2.36. The second-order valence-corrected chi connectivity index (χ2v) is 6.87. The molecular weight excluding hydrogens is 323 g/mol. The molecule has 112 valence electrons. The second-order valence-electron chi connectivity index (χ2n) is 4.50. The lowest BCUT2D eigenvalue weighted by molar-refractivity contribution is 0.0927. The Balaban J connectivity index is 2.79. The minimum Gasteiger partial charge on any atom is -0.497 e. The number of alkyl halides is 3. The van der Waals surface area contributed by atoms with Crippen LogP contribution < -0.4 is 15.4 Å². The maximum atomic E-state index is 12.1. The number of carbonyl (C=O) groups excluding carboxylic acids is 1. The predicted molar refractivity (Wildman–Crippen MR) is 82.8 cm³/mol. The van der Waals surface area contributed by atoms with Crippen LogP contribution >= 0.6 is 34.8 Å². The van der Waals surface area contributed by atoms with Crippen molar-refractivity contribution < 1.29 is 9.53 Å². The molecule has 0 spiro atoms. The number of methoxy groups -OCH3 is 1. The van der Waals surface area contributed by atoms with Crippen molar-refractivity contribution >= 4 is 40.7 Å². The summed E-state index contributed by atoms with van der Waals surface area (Å²) in [6, 6.07) is 6.70. The fraction of sp³-hybridized carbons (Fsp3) is 0.462. The van der Waals surface area contributed by atoms with E-state index in [1.54, 1.807) is 31.4 Å². The van der Waals surface area contributed by atoms with Crippen molar-refractivity contribution in [3.8, 4) is 5.75 Å². The van der Waals surface area contributed by atoms with Crippen LogP contribution in [0.25, 0.3) is 0 Å². The highest BCUT2D eigenvalue weighted by Crippen LogP contribution is 2.29. The molecule has 1 rings (SSSR count). The first-order valence-corrected chi connectivity index (χ1v) is 7.15. The van der Waals surface area contributed by atoms with Gasteiger partial charge in [-0.2, -0.15) is 0 Å². The summed E-state index contributed by atoms with van der Waals surface area (Å²) in [6.45, 7) is 3.78. The molecule has 4 nitrogen and oxygen atoms in total. The summed E-state index contributed by atoms with van der Waals surface area (Å²) in [5, 5.41) is 5.65. The summed E-state index contributed by atoms with van der Waals surface area (Å²) in [4.78, 5) is 12.1. The van der Waals surface area contributed by atoms with Gasteiger partial charge < -0.3 is 10.1 Å². The fourth-order valence-corrected chi connectivity index (χ4v) is 1.86. The topological polar surface area (TPSA) is 50.4 Å². The van der Waals surface area contributed by atoms with Crippen LogP contribution in [-0.2, 0) is 0 Å². The maximum absolute atomic E-state index is 12.1. The number of benzene rings is 1. The number of halogens is 3. The average molecular weight is 340 g/mol. The first-order valence-electron chi connectivity index (χ1n) is 6.01. The lowest BCUT2D eigenvalue weighted by Gasteiger charge is -2.28. The molecule has 0 radical (unpaired) electrons. The number of nitrogens with one attached hydrogen (secondary N) is 2. The summed E-state index contributed by atoms with van der Waals surface area (Å²) >= 11 is 17.6. The quantitative estimate of drug-likeness (QED) is 0.640. The highest BCUT2D eigenvalue weighted by molar-refractivity contribution is 6.68. The van der Waals surface area contributed by atoms with E-state index in [4.69, 9.17) is 39.5 Å². The molecule has 1 atom stereocenters. The van der Waals surface area contributed by atoms with Gasteiger partial charge in [-0.3, -0.25) is 10.1 Å². The summed E-state index contributed by atoms with van der Waals surface area (Å²) in [5.74, 6) is 0.330. The van der Waals surface area contributed by atoms with Gasteiger partial charge in [-0.1, -0.05) is 34.8 Å². The fourth-order valence-electron chi connectivity index (χ4n) is 1.51. The summed E-state index contributed by atoms with van der Waals surface area (Å²) in [7, 11) is 1.56. The lowest BCUT2D eigenvalue weighted by atomic mass is 10.2. The van der Waals surface area contributed by atoms with Gasteiger partial charge in [0.25, 0.3) is 5.91 Å². The van der Waals surface area contributed by atoms with Crippen LogP contribution in [0, 0.1) is 0 Å². The molecule has 1 aromatic carbocycles. The van der Waals surface area contributed by atoms with Crippen LogP contribution in [0.4, 0.5) is 0 Å². The molecule has 2 N–H and O–H groups in total. The number of hydrogen-bond acceptors (Lipinski definition) is 3. The highest BCUT2D eigenvalue weighted by Gasteiger charge is 2.34. The third kappa shape index (κ3) is 5.37. The number of hydrogen-bond donors (Lipinski definition) is 2. The molecule has 0 unspecified atom stereocenters. The van der Waals surface area contributed by atoms with Gasteiger partial charge >= 0.3 is 0 Å². The first-order chi connectivity index (χ1) is 9.24. The first kappa shape index (κ1) is 17.4. The Hall–Kier alpha value is -0.680. The summed E-state index contributed by atoms with van der Waals surface area (Å²) in [6.07, 6.45) is -0.790. The smallest absolute Gasteiger partial charge is 0.252 e. The van der Waals surface area contributed by atoms with E-state index in [1.165, 1.54) is 0 Å². The van der Waals surface area contributed by atoms with Gasteiger partial charge in [-0.25, -0.2) is 0 Å². The molecule has 20 heavy (non-hydrogen) atoms. The van der Waals surface area contributed by atoms with Gasteiger partial charge in [0.1, 0.15) is 11.9 Å². The van der Waals surface area contributed by atoms with Gasteiger partial charge in [-0.15, -0.1) is 0 Å². The van der Waals surface area contributed by atoms with Crippen molar-refractivity contribution in [3.05, 3.63) is 29.8 Å². The Kier molecular flexibility index (Phi) is 6.40. The Bertz CT molecular complexity index is 444. The van der Waals surface area contributed by atoms with Crippen molar-refractivity contribution in [2.24, 2.45) is 0 Å². The minimum absolute atomic E-state index is 0.0480. The molecule has 0 saturated carbocycles. The summed E-state index contributed by atoms with van der Waals surface area (Å²) in [5.41, 5.74) is 0.454. The van der Waals surface area contributed by atoms with Crippen LogP contribution in [0.2, 0.25) is 0 Å². The molecule has 0 aliphatic rings. The van der Waals surface area contributed by atoms with Crippen molar-refractivity contribution in [2.45, 2.75) is 29.8 Å². The molecule has 0 aliphatic heterocycles. The summed E-state index contributed by atoms with van der Waals surface area (Å²) < 4.78 is 3.38. The third-order valence-electron chi connectivity index (χ3n) is 2.45. The Morgan fingerprint density at radius 3 is 2.15 bits per heavy atom. The number of amides is 1. The molecule has 0 bridgehead atoms. The standard InChI is InChI=1S/C13H17Cl3N2O2/c1-8(2)17-12(13(14,15)16)18-11(19)9-4-6-10(20-3)7-5-9/h4-8,12,17H,1-3H3,(H,18,19)/t12-/m0/s1. The maximum Gasteiger partial charge on any atom is 0.252 e. The highest BCUT2D eigenvalue weighted by atomic mass is 35.6. The predicted octanol–water partition coefficient (Wildman–Crippen LogP) is 3.12. The lowest BCUT2D eigenvalue weighted by Crippen LogP contribution is -2.55. The molecular formula is C13H17Cl3N2O2. The van der Waals surface area contributed by atoms with E-state index in [9.17, 15) is 4.79 Å². The van der Waals surface area contributed by atoms with Crippen LogP contribution in [-0.4, -0.2) is 29.0 Å². The molecule has 0 saturated heterocycles.